The van der Waals surface area contributed by atoms with Crippen LogP contribution < -0.4 is 10.6 Å². The van der Waals surface area contributed by atoms with Crippen molar-refractivity contribution in [1.82, 2.24) is 15.1 Å². The summed E-state index contributed by atoms with van der Waals surface area (Å²) in [5, 5.41) is 10.6. The molecule has 1 aromatic heterocycles. The molecule has 6 nitrogen and oxygen atoms in total. The zero-order chi connectivity index (χ0) is 21.8. The Kier molecular flexibility index (Phi) is 6.16. The fraction of sp³-hybridized carbons (Fsp3) is 0.320. The van der Waals surface area contributed by atoms with Gasteiger partial charge in [-0.1, -0.05) is 48.5 Å². The van der Waals surface area contributed by atoms with Gasteiger partial charge in [0.05, 0.1) is 12.2 Å². The van der Waals surface area contributed by atoms with E-state index in [1.165, 1.54) is 5.56 Å². The van der Waals surface area contributed by atoms with Crippen LogP contribution in [0.5, 0.6) is 0 Å². The summed E-state index contributed by atoms with van der Waals surface area (Å²) in [4.78, 5) is 24.8. The second-order valence-electron chi connectivity index (χ2n) is 8.16. The van der Waals surface area contributed by atoms with Crippen molar-refractivity contribution >= 4 is 17.5 Å². The van der Waals surface area contributed by atoms with Gasteiger partial charge in [-0.2, -0.15) is 5.10 Å². The Balaban J connectivity index is 1.31. The van der Waals surface area contributed by atoms with Crippen LogP contribution in [0, 0.1) is 19.8 Å². The molecule has 2 aromatic carbocycles. The number of hydrogen-bond donors (Lipinski definition) is 2. The molecule has 1 aliphatic heterocycles. The number of nitrogens with one attached hydrogen (secondary N) is 2. The molecule has 1 aliphatic rings. The third-order valence-corrected chi connectivity index (χ3v) is 6.00. The zero-order valence-corrected chi connectivity index (χ0v) is 18.0. The molecule has 0 saturated carbocycles. The molecule has 31 heavy (non-hydrogen) atoms. The van der Waals surface area contributed by atoms with Gasteiger partial charge in [0, 0.05) is 35.8 Å². The lowest BCUT2D eigenvalue weighted by Crippen LogP contribution is -2.31. The Morgan fingerprint density at radius 1 is 1.13 bits per heavy atom. The molecule has 0 saturated heterocycles. The normalized spacial score (nSPS) is 15.3. The number of anilines is 1. The Bertz CT molecular complexity index is 1090. The second-order valence-corrected chi connectivity index (χ2v) is 8.16. The van der Waals surface area contributed by atoms with Crippen molar-refractivity contribution in [2.45, 2.75) is 46.2 Å². The molecule has 1 atom stereocenters. The first-order valence-corrected chi connectivity index (χ1v) is 10.7. The number of amides is 2. The lowest BCUT2D eigenvalue weighted by atomic mass is 9.89. The van der Waals surface area contributed by atoms with E-state index in [1.807, 2.05) is 61.0 Å². The highest BCUT2D eigenvalue weighted by Gasteiger charge is 2.26. The van der Waals surface area contributed by atoms with Gasteiger partial charge in [-0.05, 0) is 43.9 Å². The van der Waals surface area contributed by atoms with Crippen LogP contribution in [0.3, 0.4) is 0 Å². The van der Waals surface area contributed by atoms with Crippen LogP contribution >= 0.6 is 0 Å². The van der Waals surface area contributed by atoms with Crippen molar-refractivity contribution in [2.75, 3.05) is 5.32 Å². The average molecular weight is 417 g/mol. The van der Waals surface area contributed by atoms with Crippen molar-refractivity contribution in [3.05, 3.63) is 82.7 Å². The molecule has 2 heterocycles. The number of carbonyl (C=O) groups is 2. The third-order valence-electron chi connectivity index (χ3n) is 6.00. The van der Waals surface area contributed by atoms with E-state index in [9.17, 15) is 9.59 Å². The Morgan fingerprint density at radius 2 is 1.87 bits per heavy atom. The van der Waals surface area contributed by atoms with Crippen LogP contribution in [0.1, 0.15) is 40.9 Å². The van der Waals surface area contributed by atoms with Crippen LogP contribution in [0.2, 0.25) is 0 Å². The summed E-state index contributed by atoms with van der Waals surface area (Å²) in [5.41, 5.74) is 6.24. The summed E-state index contributed by atoms with van der Waals surface area (Å²) < 4.78 is 1.98. The van der Waals surface area contributed by atoms with Gasteiger partial charge in [-0.25, -0.2) is 0 Å². The fourth-order valence-electron chi connectivity index (χ4n) is 4.13. The summed E-state index contributed by atoms with van der Waals surface area (Å²) in [6.45, 7) is 5.17. The number of carbonyl (C=O) groups excluding carboxylic acids is 2. The predicted molar refractivity (Wildman–Crippen MR) is 121 cm³/mol. The number of rotatable bonds is 7. The molecule has 2 amide bonds. The molecule has 2 N–H and O–H groups in total. The topological polar surface area (TPSA) is 76.0 Å². The van der Waals surface area contributed by atoms with Crippen LogP contribution in [0.4, 0.5) is 5.69 Å². The van der Waals surface area contributed by atoms with Gasteiger partial charge in [-0.15, -0.1) is 0 Å². The quantitative estimate of drug-likeness (QED) is 0.616. The van der Waals surface area contributed by atoms with E-state index >= 15 is 0 Å². The molecule has 0 spiro atoms. The van der Waals surface area contributed by atoms with E-state index in [0.29, 0.717) is 32.4 Å². The van der Waals surface area contributed by atoms with E-state index in [2.05, 4.69) is 27.9 Å². The van der Waals surface area contributed by atoms with E-state index < -0.39 is 0 Å². The number of fused-ring (bicyclic) bond motifs is 1. The van der Waals surface area contributed by atoms with Gasteiger partial charge in [0.25, 0.3) is 0 Å². The van der Waals surface area contributed by atoms with Gasteiger partial charge in [0.2, 0.25) is 11.8 Å². The standard InChI is InChI=1S/C25H28N4O2/c1-17-22(18(2)29(28-17)16-19-8-4-3-5-9-19)15-26-24(30)13-12-21-14-20-10-6-7-11-23(20)27-25(21)31/h3-11,21H,12-16H2,1-2H3,(H,26,30)(H,27,31)/t21-/m0/s1. The fourth-order valence-corrected chi connectivity index (χ4v) is 4.13. The number of nitrogens with zero attached hydrogens (tertiary/aromatic N) is 2. The van der Waals surface area contributed by atoms with Crippen molar-refractivity contribution in [1.29, 1.82) is 0 Å². The molecular formula is C25H28N4O2. The Labute approximate surface area is 182 Å². The van der Waals surface area contributed by atoms with Crippen LogP contribution in [-0.2, 0) is 29.1 Å². The van der Waals surface area contributed by atoms with E-state index in [1.54, 1.807) is 0 Å². The second kappa shape index (κ2) is 9.16. The van der Waals surface area contributed by atoms with Gasteiger partial charge >= 0.3 is 0 Å². The summed E-state index contributed by atoms with van der Waals surface area (Å²) in [7, 11) is 0. The molecular weight excluding hydrogens is 388 g/mol. The first kappa shape index (κ1) is 20.8. The number of para-hydroxylation sites is 1. The highest BCUT2D eigenvalue weighted by atomic mass is 16.2. The maximum absolute atomic E-state index is 12.5. The monoisotopic (exact) mass is 416 g/mol. The minimum absolute atomic E-state index is 0.000349. The first-order valence-electron chi connectivity index (χ1n) is 10.7. The van der Waals surface area contributed by atoms with E-state index in [-0.39, 0.29) is 17.7 Å². The maximum atomic E-state index is 12.5. The largest absolute Gasteiger partial charge is 0.352 e. The van der Waals surface area contributed by atoms with Crippen LogP contribution in [-0.4, -0.2) is 21.6 Å². The predicted octanol–water partition coefficient (Wildman–Crippen LogP) is 3.76. The molecule has 3 aromatic rings. The smallest absolute Gasteiger partial charge is 0.227 e. The maximum Gasteiger partial charge on any atom is 0.227 e. The summed E-state index contributed by atoms with van der Waals surface area (Å²) >= 11 is 0. The molecule has 0 aliphatic carbocycles. The molecule has 0 fully saturated rings. The average Bonchev–Trinajstić information content (AvgIpc) is 3.03. The SMILES string of the molecule is Cc1nn(Cc2ccccc2)c(C)c1CNC(=O)CC[C@H]1Cc2ccccc2NC1=O. The summed E-state index contributed by atoms with van der Waals surface area (Å²) in [6.07, 6.45) is 1.55. The van der Waals surface area contributed by atoms with Crippen LogP contribution in [0.25, 0.3) is 0 Å². The minimum atomic E-state index is -0.169. The third kappa shape index (κ3) is 4.85. The van der Waals surface area contributed by atoms with Crippen molar-refractivity contribution < 1.29 is 9.59 Å². The molecule has 0 bridgehead atoms. The summed E-state index contributed by atoms with van der Waals surface area (Å²) in [5.74, 6) is -0.209. The van der Waals surface area contributed by atoms with E-state index in [4.69, 9.17) is 0 Å². The number of hydrogen-bond acceptors (Lipinski definition) is 3. The molecule has 0 unspecified atom stereocenters. The van der Waals surface area contributed by atoms with Crippen molar-refractivity contribution in [3.8, 4) is 0 Å². The Morgan fingerprint density at radius 3 is 2.68 bits per heavy atom. The van der Waals surface area contributed by atoms with Gasteiger partial charge in [0.1, 0.15) is 0 Å². The lowest BCUT2D eigenvalue weighted by Gasteiger charge is -2.24. The van der Waals surface area contributed by atoms with Crippen molar-refractivity contribution in [2.24, 2.45) is 5.92 Å². The molecule has 4 rings (SSSR count). The first-order chi connectivity index (χ1) is 15.0. The molecule has 6 heteroatoms. The van der Waals surface area contributed by atoms with Gasteiger partial charge in [-0.3, -0.25) is 14.3 Å². The zero-order valence-electron chi connectivity index (χ0n) is 18.0. The summed E-state index contributed by atoms with van der Waals surface area (Å²) in [6, 6.07) is 18.0. The highest BCUT2D eigenvalue weighted by molar-refractivity contribution is 5.96. The highest BCUT2D eigenvalue weighted by Crippen LogP contribution is 2.27. The van der Waals surface area contributed by atoms with Crippen LogP contribution in [0.15, 0.2) is 54.6 Å². The number of aryl methyl sites for hydroxylation is 1. The van der Waals surface area contributed by atoms with Crippen molar-refractivity contribution in [3.63, 3.8) is 0 Å². The molecule has 0 radical (unpaired) electrons. The minimum Gasteiger partial charge on any atom is -0.352 e. The molecule has 160 valence electrons. The number of aromatic nitrogens is 2. The van der Waals surface area contributed by atoms with Gasteiger partial charge in [0.15, 0.2) is 0 Å². The Hall–Kier alpha value is -3.41. The number of benzene rings is 2. The van der Waals surface area contributed by atoms with Gasteiger partial charge < -0.3 is 10.6 Å². The van der Waals surface area contributed by atoms with E-state index in [0.717, 1.165) is 28.2 Å². The lowest BCUT2D eigenvalue weighted by molar-refractivity contribution is -0.122.